The molecule has 1 aromatic carbocycles. The number of allylic oxidation sites excluding steroid dienone is 1. The number of H-pyrrole nitrogens is 3. The van der Waals surface area contributed by atoms with Gasteiger partial charge in [-0.25, -0.2) is 25.0 Å². The fraction of sp³-hybridized carbons (Fsp3) is 0.455. The van der Waals surface area contributed by atoms with Gasteiger partial charge in [0.15, 0.2) is 22.7 Å². The number of ether oxygens (including phenoxy) is 2. The molecule has 14 N–H and O–H groups in total. The molecule has 3 aliphatic heterocycles. The fourth-order valence-electron chi connectivity index (χ4n) is 12.8. The molecule has 8 bridgehead atoms. The first-order valence-electron chi connectivity index (χ1n) is 32.8. The molecule has 0 spiro atoms. The minimum absolute atomic E-state index is 0.0123. The van der Waals surface area contributed by atoms with E-state index < -0.39 is 124 Å². The van der Waals surface area contributed by atoms with Crippen LogP contribution in [0.15, 0.2) is 50.9 Å². The summed E-state index contributed by atoms with van der Waals surface area (Å²) in [6.07, 6.45) is 4.39. The van der Waals surface area contributed by atoms with Gasteiger partial charge in [0.1, 0.15) is 24.6 Å². The molecule has 0 saturated heterocycles. The Morgan fingerprint density at radius 3 is 2.29 bits per heavy atom. The number of aromatic amines is 3. The van der Waals surface area contributed by atoms with E-state index >= 15 is 0 Å². The number of carboxylic acid groups (broad SMARTS) is 1. The van der Waals surface area contributed by atoms with Crippen molar-refractivity contribution in [3.8, 4) is 0 Å². The number of hydrazine groups is 1. The average molecular weight is 1470 g/mol. The molecule has 9 rings (SSSR count). The number of benzene rings is 1. The number of nitrogen functional groups attached to an aromatic ring is 1. The van der Waals surface area contributed by atoms with Gasteiger partial charge in [-0.3, -0.25) is 68.1 Å². The number of aliphatic carboxylic acids is 1. The number of ketones is 2. The second kappa shape index (κ2) is 33.2. The van der Waals surface area contributed by atoms with Crippen molar-refractivity contribution in [2.45, 2.75) is 124 Å². The van der Waals surface area contributed by atoms with Crippen LogP contribution in [0.5, 0.6) is 0 Å². The molecule has 0 saturated carbocycles. The van der Waals surface area contributed by atoms with Crippen LogP contribution in [0.2, 0.25) is 0 Å². The number of amides is 6. The Morgan fingerprint density at radius 2 is 1.60 bits per heavy atom. The molecule has 7 heterocycles. The zero-order valence-corrected chi connectivity index (χ0v) is 59.4. The number of anilines is 2. The predicted molar refractivity (Wildman–Crippen MR) is 379 cm³/mol. The quantitative estimate of drug-likeness (QED) is 0.00620. The Labute approximate surface area is 591 Å². The molecule has 2 unspecified atom stereocenters. The number of hydrogen-bond donors (Lipinski definition) is 13. The van der Waals surface area contributed by atoms with E-state index in [0.717, 1.165) is 39.4 Å². The van der Waals surface area contributed by atoms with Crippen LogP contribution in [-0.4, -0.2) is 180 Å². The zero-order valence-electron chi connectivity index (χ0n) is 57.0. The molecule has 6 amide bonds. The number of nitrogens with two attached hydrogens (primary N) is 1. The highest BCUT2D eigenvalue weighted by Crippen LogP contribution is 2.49. The number of carboxylic acids is 1. The van der Waals surface area contributed by atoms with Crippen molar-refractivity contribution in [2.24, 2.45) is 39.6 Å². The Hall–Kier alpha value is -10.1. The van der Waals surface area contributed by atoms with Gasteiger partial charge in [0.25, 0.3) is 21.6 Å². The van der Waals surface area contributed by atoms with Crippen LogP contribution in [0.1, 0.15) is 132 Å². The number of carbonyl (C=O) groups is 10. The van der Waals surface area contributed by atoms with Crippen LogP contribution >= 0.6 is 21.6 Å². The molecule has 1 aliphatic carbocycles. The van der Waals surface area contributed by atoms with Gasteiger partial charge in [0, 0.05) is 112 Å². The van der Waals surface area contributed by atoms with E-state index in [4.69, 9.17) is 29.7 Å². The second-order valence-electron chi connectivity index (χ2n) is 25.2. The lowest BCUT2D eigenvalue weighted by Gasteiger charge is -2.21. The highest BCUT2D eigenvalue weighted by Gasteiger charge is 2.49. The van der Waals surface area contributed by atoms with Crippen molar-refractivity contribution >= 4 is 143 Å². The van der Waals surface area contributed by atoms with Crippen LogP contribution in [-0.2, 0) is 61.3 Å². The maximum atomic E-state index is 14.5. The first-order valence-corrected chi connectivity index (χ1v) is 36.9. The van der Waals surface area contributed by atoms with E-state index in [1.54, 1.807) is 31.2 Å². The van der Waals surface area contributed by atoms with E-state index in [1.165, 1.54) is 20.2 Å². The number of hydrogen-bond acceptors (Lipinski definition) is 24. The van der Waals surface area contributed by atoms with Crippen molar-refractivity contribution in [1.29, 1.82) is 0 Å². The third-order valence-electron chi connectivity index (χ3n) is 18.2. The topological polar surface area (TPSA) is 502 Å². The van der Waals surface area contributed by atoms with Crippen molar-refractivity contribution in [3.05, 3.63) is 102 Å². The molecule has 5 aromatic rings. The number of aliphatic imine (C=N–C) groups is 2. The minimum atomic E-state index is -4.49. The van der Waals surface area contributed by atoms with E-state index in [1.807, 2.05) is 32.9 Å². The molecule has 544 valence electrons. The SMILES string of the molecule is CC[C@H]1C2Cc3[nH]c4c(c3C)C(=O)C(C(=O)OC)/C4=C3N=C(/C=c4\[nH]/c(c(C(C)=O)c4C)=C\C(=N2)[C@@H]1C)[C@@H](C)[C@@H]/3CCC(=O)NNC(=O)OCCSSC[C@H](NC(=O)[C@H](CC(=O)NCCS(=O)(=O)O)NC(=O)CC[C@@H](C)NC(=O)c1ccc(NCc2cnc3nc(N)[nH]c(=O)c3n2)cc1)C(=O)O. The van der Waals surface area contributed by atoms with Crippen molar-refractivity contribution in [3.63, 3.8) is 0 Å². The molecular formula is C66H80N16O17S3. The monoisotopic (exact) mass is 1460 g/mol. The molecule has 9 atom stereocenters. The summed E-state index contributed by atoms with van der Waals surface area (Å²) in [6, 6.07) is 2.31. The fourth-order valence-corrected chi connectivity index (χ4v) is 15.2. The van der Waals surface area contributed by atoms with Crippen molar-refractivity contribution < 1.29 is 75.5 Å². The maximum Gasteiger partial charge on any atom is 0.426 e. The van der Waals surface area contributed by atoms with Crippen LogP contribution in [0.25, 0.3) is 28.9 Å². The maximum absolute atomic E-state index is 14.5. The van der Waals surface area contributed by atoms with Gasteiger partial charge in [-0.15, -0.1) is 0 Å². The summed E-state index contributed by atoms with van der Waals surface area (Å²) in [5, 5.41) is 24.1. The molecule has 33 nitrogen and oxygen atoms in total. The average Bonchev–Trinajstić information content (AvgIpc) is 1.56. The third kappa shape index (κ3) is 18.3. The summed E-state index contributed by atoms with van der Waals surface area (Å²) in [5.74, 6) is -10.0. The molecule has 36 heteroatoms. The molecular weight excluding hydrogens is 1390 g/mol. The lowest BCUT2D eigenvalue weighted by atomic mass is 9.83. The van der Waals surface area contributed by atoms with Gasteiger partial charge < -0.3 is 56.9 Å². The normalized spacial score (nSPS) is 20.4. The Morgan fingerprint density at radius 1 is 0.863 bits per heavy atom. The molecule has 0 radical (unpaired) electrons. The molecule has 4 aliphatic rings. The van der Waals surface area contributed by atoms with Crippen LogP contribution in [0.3, 0.4) is 0 Å². The number of aromatic nitrogens is 6. The standard InChI is InChI=1S/C66H80N16O17S3/c1-9-38-30(3)40-24-45-51(34(7)83)32(5)42(74-45)22-41-31(4)39(55(76-41)53-54(64(93)98-8)58(87)52-33(6)43(77-56(52)53)23-44(38)73-40)15-17-49(85)81-82-66(94)99-19-20-100-101-28-47(63(91)92)78-61(89)46(25-50(86)68-18-21-102(95,96)97)75-48(84)16-10-29(2)71-60(88)35-11-13-36(14-12-35)69-26-37-27-70-59-57(72-37)62(90)80-65(67)79-59/h11-14,22,24,27,29-31,38-39,44,46-47,54,69,74,77H,9-10,15-21,23,25-26,28H2,1-8H3,(H,68,86)(H,71,88)(H,75,84)(H,78,89)(H,81,85)(H,82,94)(H,91,92)(H,95,96,97)(H3,67,70,79,80,90)/b42-22-,45-24-,55-53-/t29-,30-,31+,38-,39+,44?,46+,47+,54?/m1/s1. The third-order valence-corrected chi connectivity index (χ3v) is 21.3. The van der Waals surface area contributed by atoms with E-state index in [-0.39, 0.29) is 96.7 Å². The summed E-state index contributed by atoms with van der Waals surface area (Å²) < 4.78 is 42.2. The first-order chi connectivity index (χ1) is 48.4. The number of esters is 1. The van der Waals surface area contributed by atoms with Gasteiger partial charge in [-0.2, -0.15) is 13.4 Å². The Balaban J connectivity index is 0.757. The number of nitrogens with zero attached hydrogens (tertiary/aromatic N) is 5. The largest absolute Gasteiger partial charge is 0.480 e. The van der Waals surface area contributed by atoms with Gasteiger partial charge in [0.2, 0.25) is 29.6 Å². The van der Waals surface area contributed by atoms with Crippen LogP contribution in [0.4, 0.5) is 16.4 Å². The number of methoxy groups -OCH3 is 1. The first kappa shape index (κ1) is 76.1. The summed E-state index contributed by atoms with van der Waals surface area (Å²) >= 11 is 0. The van der Waals surface area contributed by atoms with Gasteiger partial charge in [0.05, 0.1) is 60.5 Å². The zero-order chi connectivity index (χ0) is 74.0. The van der Waals surface area contributed by atoms with Gasteiger partial charge in [-0.05, 0) is 94.0 Å². The molecule has 102 heavy (non-hydrogen) atoms. The molecule has 4 aromatic heterocycles. The van der Waals surface area contributed by atoms with E-state index in [2.05, 4.69) is 81.2 Å². The summed E-state index contributed by atoms with van der Waals surface area (Å²) in [6.45, 7) is 12.4. The van der Waals surface area contributed by atoms with E-state index in [0.29, 0.717) is 73.4 Å². The number of Topliss-reactive ketones (excluding diaryl/α,β-unsaturated/α-hetero) is 2. The molecule has 0 fully saturated rings. The Kier molecular flexibility index (Phi) is 24.7. The summed E-state index contributed by atoms with van der Waals surface area (Å²) in [7, 11) is -1.26. The second-order valence-corrected chi connectivity index (χ2v) is 29.4. The minimum Gasteiger partial charge on any atom is -0.480 e. The Bertz CT molecular complexity index is 4590. The van der Waals surface area contributed by atoms with Crippen LogP contribution in [0, 0.1) is 43.4 Å². The van der Waals surface area contributed by atoms with Gasteiger partial charge >= 0.3 is 18.0 Å². The van der Waals surface area contributed by atoms with Crippen LogP contribution < -0.4 is 59.4 Å². The summed E-state index contributed by atoms with van der Waals surface area (Å²) in [4.78, 5) is 178. The van der Waals surface area contributed by atoms with Crippen molar-refractivity contribution in [1.82, 2.24) is 62.0 Å². The lowest BCUT2D eigenvalue weighted by molar-refractivity contribution is -0.142. The summed E-state index contributed by atoms with van der Waals surface area (Å²) in [5.41, 5.74) is 16.6. The number of nitrogens with one attached hydrogen (secondary N) is 10. The number of carbonyl (C=O) groups excluding carboxylic acids is 9. The van der Waals surface area contributed by atoms with Gasteiger partial charge in [-0.1, -0.05) is 48.8 Å². The van der Waals surface area contributed by atoms with E-state index in [9.17, 15) is 66.3 Å². The lowest BCUT2D eigenvalue weighted by Crippen LogP contribution is -2.53. The number of fused-ring (bicyclic) bond motifs is 6. The smallest absolute Gasteiger partial charge is 0.426 e. The van der Waals surface area contributed by atoms with Crippen molar-refractivity contribution in [2.75, 3.05) is 48.6 Å². The predicted octanol–water partition coefficient (Wildman–Crippen LogP) is 2.06. The number of rotatable bonds is 29. The highest BCUT2D eigenvalue weighted by atomic mass is 33.1. The highest BCUT2D eigenvalue weighted by molar-refractivity contribution is 8.76.